The summed E-state index contributed by atoms with van der Waals surface area (Å²) >= 11 is 0. The summed E-state index contributed by atoms with van der Waals surface area (Å²) in [6, 6.07) is 0. The van der Waals surface area contributed by atoms with Gasteiger partial charge in [0.25, 0.3) is 0 Å². The van der Waals surface area contributed by atoms with Crippen LogP contribution in [0.3, 0.4) is 0 Å². The molecule has 0 fully saturated rings. The molecule has 4 heteroatoms. The molecule has 2 aromatic rings. The average Bonchev–Trinajstić information content (AvgIpc) is 2.58. The molecule has 0 aliphatic heterocycles. The van der Waals surface area contributed by atoms with Gasteiger partial charge in [-0.1, -0.05) is 20.8 Å². The maximum atomic E-state index is 11.2. The minimum absolute atomic E-state index is 0.00983. The van der Waals surface area contributed by atoms with Gasteiger partial charge in [0.1, 0.15) is 0 Å². The van der Waals surface area contributed by atoms with Gasteiger partial charge in [0.15, 0.2) is 5.78 Å². The van der Waals surface area contributed by atoms with Crippen molar-refractivity contribution < 1.29 is 4.79 Å². The third-order valence-electron chi connectivity index (χ3n) is 2.48. The summed E-state index contributed by atoms with van der Waals surface area (Å²) in [5.41, 5.74) is 1.57. The van der Waals surface area contributed by atoms with Crippen molar-refractivity contribution in [3.05, 3.63) is 29.8 Å². The predicted octanol–water partition coefficient (Wildman–Crippen LogP) is 2.23. The van der Waals surface area contributed by atoms with E-state index in [0.717, 1.165) is 5.69 Å². The lowest BCUT2D eigenvalue weighted by Crippen LogP contribution is -2.11. The van der Waals surface area contributed by atoms with E-state index in [1.807, 2.05) is 6.20 Å². The molecular weight excluding hydrogens is 202 g/mol. The fourth-order valence-corrected chi connectivity index (χ4v) is 1.43. The molecule has 0 unspecified atom stereocenters. The second kappa shape index (κ2) is 3.40. The van der Waals surface area contributed by atoms with Gasteiger partial charge in [-0.25, -0.2) is 9.97 Å². The van der Waals surface area contributed by atoms with Gasteiger partial charge in [0.2, 0.25) is 5.78 Å². The molecule has 0 spiro atoms. The Morgan fingerprint density at radius 3 is 2.56 bits per heavy atom. The first-order valence-corrected chi connectivity index (χ1v) is 5.24. The number of fused-ring (bicyclic) bond motifs is 1. The van der Waals surface area contributed by atoms with Crippen LogP contribution in [0.4, 0.5) is 0 Å². The van der Waals surface area contributed by atoms with E-state index in [-0.39, 0.29) is 11.2 Å². The van der Waals surface area contributed by atoms with E-state index in [0.29, 0.717) is 11.3 Å². The van der Waals surface area contributed by atoms with Gasteiger partial charge in [0, 0.05) is 24.0 Å². The molecule has 0 aliphatic rings. The lowest BCUT2D eigenvalue weighted by Gasteiger charge is -2.13. The number of nitrogens with zero attached hydrogens (tertiary/aromatic N) is 3. The zero-order valence-corrected chi connectivity index (χ0v) is 9.98. The van der Waals surface area contributed by atoms with Crippen molar-refractivity contribution in [1.29, 1.82) is 0 Å². The quantitative estimate of drug-likeness (QED) is 0.688. The summed E-state index contributed by atoms with van der Waals surface area (Å²) in [6.07, 6.45) is 5.26. The first-order chi connectivity index (χ1) is 7.38. The van der Waals surface area contributed by atoms with Crippen LogP contribution in [0.5, 0.6) is 0 Å². The van der Waals surface area contributed by atoms with Crippen LogP contribution in [-0.2, 0) is 5.41 Å². The van der Waals surface area contributed by atoms with Crippen LogP contribution in [0.15, 0.2) is 18.6 Å². The molecular formula is C12H15N3O. The monoisotopic (exact) mass is 217 g/mol. The first-order valence-electron chi connectivity index (χ1n) is 5.24. The Bertz CT molecular complexity index is 549. The number of carbonyl (C=O) groups excluding carboxylic acids is 1. The molecule has 0 aliphatic carbocycles. The molecule has 2 heterocycles. The minimum atomic E-state index is -0.00983. The van der Waals surface area contributed by atoms with E-state index in [4.69, 9.17) is 0 Å². The van der Waals surface area contributed by atoms with Crippen molar-refractivity contribution in [3.63, 3.8) is 0 Å². The third-order valence-corrected chi connectivity index (χ3v) is 2.48. The molecule has 0 N–H and O–H groups in total. The lowest BCUT2D eigenvalue weighted by molar-refractivity contribution is 0.101. The Morgan fingerprint density at radius 2 is 2.00 bits per heavy atom. The maximum absolute atomic E-state index is 11.2. The Balaban J connectivity index is 2.59. The van der Waals surface area contributed by atoms with E-state index >= 15 is 0 Å². The Labute approximate surface area is 94.3 Å². The Kier molecular flexibility index (Phi) is 2.30. The van der Waals surface area contributed by atoms with Crippen molar-refractivity contribution in [2.75, 3.05) is 0 Å². The minimum Gasteiger partial charge on any atom is -0.294 e. The number of hydrogen-bond donors (Lipinski definition) is 0. The number of carbonyl (C=O) groups is 1. The predicted molar refractivity (Wildman–Crippen MR) is 61.7 cm³/mol. The van der Waals surface area contributed by atoms with E-state index < -0.39 is 0 Å². The van der Waals surface area contributed by atoms with Crippen LogP contribution < -0.4 is 0 Å². The summed E-state index contributed by atoms with van der Waals surface area (Å²) in [5.74, 6) is 0.648. The van der Waals surface area contributed by atoms with E-state index in [1.54, 1.807) is 16.8 Å². The van der Waals surface area contributed by atoms with Crippen molar-refractivity contribution in [3.8, 4) is 0 Å². The highest BCUT2D eigenvalue weighted by atomic mass is 16.1. The fourth-order valence-electron chi connectivity index (χ4n) is 1.43. The maximum Gasteiger partial charge on any atom is 0.233 e. The van der Waals surface area contributed by atoms with Gasteiger partial charge in [-0.15, -0.1) is 0 Å². The van der Waals surface area contributed by atoms with Crippen LogP contribution in [0, 0.1) is 0 Å². The van der Waals surface area contributed by atoms with Crippen molar-refractivity contribution >= 4 is 11.6 Å². The topological polar surface area (TPSA) is 47.3 Å². The van der Waals surface area contributed by atoms with Crippen LogP contribution in [-0.4, -0.2) is 20.2 Å². The van der Waals surface area contributed by atoms with E-state index in [1.165, 1.54) is 6.92 Å². The number of rotatable bonds is 1. The Morgan fingerprint density at radius 1 is 1.31 bits per heavy atom. The van der Waals surface area contributed by atoms with Gasteiger partial charge >= 0.3 is 0 Å². The number of hydrogen-bond acceptors (Lipinski definition) is 3. The second-order valence-corrected chi connectivity index (χ2v) is 4.98. The number of imidazole rings is 1. The van der Waals surface area contributed by atoms with Gasteiger partial charge in [-0.3, -0.25) is 9.20 Å². The van der Waals surface area contributed by atoms with Crippen molar-refractivity contribution in [2.24, 2.45) is 0 Å². The van der Waals surface area contributed by atoms with E-state index in [2.05, 4.69) is 30.7 Å². The summed E-state index contributed by atoms with van der Waals surface area (Å²) in [7, 11) is 0. The van der Waals surface area contributed by atoms with Crippen LogP contribution in [0.1, 0.15) is 43.7 Å². The van der Waals surface area contributed by atoms with Gasteiger partial charge in [-0.2, -0.15) is 0 Å². The van der Waals surface area contributed by atoms with Gasteiger partial charge in [0.05, 0.1) is 11.3 Å². The smallest absolute Gasteiger partial charge is 0.233 e. The summed E-state index contributed by atoms with van der Waals surface area (Å²) in [4.78, 5) is 19.8. The summed E-state index contributed by atoms with van der Waals surface area (Å²) in [5, 5.41) is 0. The Hall–Kier alpha value is -1.71. The number of aromatic nitrogens is 3. The highest BCUT2D eigenvalue weighted by Crippen LogP contribution is 2.21. The summed E-state index contributed by atoms with van der Waals surface area (Å²) in [6.45, 7) is 7.83. The highest BCUT2D eigenvalue weighted by Gasteiger charge is 2.18. The van der Waals surface area contributed by atoms with Crippen molar-refractivity contribution in [2.45, 2.75) is 33.1 Å². The molecule has 0 saturated carbocycles. The molecule has 4 nitrogen and oxygen atoms in total. The molecule has 0 saturated heterocycles. The molecule has 0 atom stereocenters. The van der Waals surface area contributed by atoms with Crippen LogP contribution in [0.25, 0.3) is 5.78 Å². The molecule has 84 valence electrons. The van der Waals surface area contributed by atoms with Gasteiger partial charge < -0.3 is 0 Å². The third kappa shape index (κ3) is 1.83. The largest absolute Gasteiger partial charge is 0.294 e. The number of ketones is 1. The molecule has 0 radical (unpaired) electrons. The molecule has 0 bridgehead atoms. The summed E-state index contributed by atoms with van der Waals surface area (Å²) < 4.78 is 1.80. The zero-order valence-electron chi connectivity index (χ0n) is 9.98. The van der Waals surface area contributed by atoms with Crippen LogP contribution in [0.2, 0.25) is 0 Å². The molecule has 16 heavy (non-hydrogen) atoms. The standard InChI is InChI=1S/C12H15N3O/c1-8(16)9-5-13-11-14-10(12(2,3)4)7-15(11)6-9/h5-7H,1-4H3. The fraction of sp³-hybridized carbons (Fsp3) is 0.417. The zero-order chi connectivity index (χ0) is 11.9. The molecule has 2 aromatic heterocycles. The van der Waals surface area contributed by atoms with Crippen molar-refractivity contribution in [1.82, 2.24) is 14.4 Å². The van der Waals surface area contributed by atoms with Gasteiger partial charge in [-0.05, 0) is 6.92 Å². The molecule has 0 amide bonds. The first kappa shape index (κ1) is 10.8. The highest BCUT2D eigenvalue weighted by molar-refractivity contribution is 5.93. The lowest BCUT2D eigenvalue weighted by atomic mass is 9.93. The average molecular weight is 217 g/mol. The molecule has 0 aromatic carbocycles. The molecule has 2 rings (SSSR count). The normalized spacial score (nSPS) is 12.0. The SMILES string of the molecule is CC(=O)c1cnc2nc(C(C)(C)C)cn2c1. The van der Waals surface area contributed by atoms with Crippen LogP contribution >= 0.6 is 0 Å². The second-order valence-electron chi connectivity index (χ2n) is 4.98. The van der Waals surface area contributed by atoms with E-state index in [9.17, 15) is 4.79 Å². The number of Topliss-reactive ketones (excluding diaryl/α,β-unsaturated/α-hetero) is 1.